The fourth-order valence-corrected chi connectivity index (χ4v) is 4.22. The Hall–Kier alpha value is -0.140. The number of hydrogen-bond acceptors (Lipinski definition) is 3. The summed E-state index contributed by atoms with van der Waals surface area (Å²) >= 11 is 26.9. The largest absolute Gasteiger partial charge is 0.287 e. The van der Waals surface area contributed by atoms with Crippen molar-refractivity contribution < 1.29 is 13.2 Å². The molecule has 142 valence electrons. The highest BCUT2D eigenvalue weighted by Crippen LogP contribution is 2.27. The van der Waals surface area contributed by atoms with Gasteiger partial charge in [-0.3, -0.25) is 4.79 Å². The first-order valence-electron chi connectivity index (χ1n) is 7.01. The fourth-order valence-electron chi connectivity index (χ4n) is 1.85. The van der Waals surface area contributed by atoms with Gasteiger partial charge in [0.05, 0.1) is 5.75 Å². The van der Waals surface area contributed by atoms with Crippen molar-refractivity contribution in [2.24, 2.45) is 0 Å². The van der Waals surface area contributed by atoms with Crippen LogP contribution in [0.3, 0.4) is 0 Å². The van der Waals surface area contributed by atoms with Gasteiger partial charge in [-0.2, -0.15) is 0 Å². The minimum Gasteiger partial charge on any atom is -0.287 e. The Morgan fingerprint density at radius 1 is 0.846 bits per heavy atom. The molecule has 3 nitrogen and oxygen atoms in total. The molecule has 2 rings (SSSR count). The van der Waals surface area contributed by atoms with Gasteiger partial charge in [0, 0.05) is 42.8 Å². The molecule has 0 spiro atoms. The van der Waals surface area contributed by atoms with E-state index in [1.165, 1.54) is 0 Å². The van der Waals surface area contributed by atoms with E-state index in [4.69, 9.17) is 57.1 Å². The lowest BCUT2D eigenvalue weighted by Crippen LogP contribution is -1.96. The highest BCUT2D eigenvalue weighted by atomic mass is 35.7. The average Bonchev–Trinajstić information content (AvgIpc) is 2.50. The molecule has 0 amide bonds. The van der Waals surface area contributed by atoms with Crippen LogP contribution in [-0.2, 0) is 26.0 Å². The van der Waals surface area contributed by atoms with Gasteiger partial charge >= 0.3 is 0 Å². The van der Waals surface area contributed by atoms with Crippen LogP contribution in [0.1, 0.15) is 17.5 Å². The SMILES string of the molecule is O=C(S)CCc1c(Cl)cccc1Cl.O=S(=O)(Cl)Cc1c(Cl)cccc1Cl. The molecule has 0 aliphatic carbocycles. The number of halogens is 5. The second-order valence-corrected chi connectivity index (χ2v) is 9.88. The standard InChI is InChI=1S/C9H8Cl2OS.C7H5Cl3O2S/c10-7-2-1-3-8(11)6(7)4-5-9(12)13;8-6-2-1-3-7(9)5(6)4-13(10,11)12/h1-3H,4-5H2,(H,12,13);1-3H,4H2. The van der Waals surface area contributed by atoms with Crippen molar-refractivity contribution in [2.75, 3.05) is 0 Å². The zero-order chi connectivity index (χ0) is 19.9. The van der Waals surface area contributed by atoms with Gasteiger partial charge in [-0.1, -0.05) is 58.5 Å². The zero-order valence-corrected chi connectivity index (χ0v) is 18.5. The Bertz CT molecular complexity index is 845. The summed E-state index contributed by atoms with van der Waals surface area (Å²) in [5.41, 5.74) is 1.15. The maximum atomic E-state index is 10.8. The van der Waals surface area contributed by atoms with E-state index in [9.17, 15) is 13.2 Å². The number of benzene rings is 2. The van der Waals surface area contributed by atoms with Crippen LogP contribution in [0.25, 0.3) is 0 Å². The van der Waals surface area contributed by atoms with E-state index in [0.717, 1.165) is 5.56 Å². The lowest BCUT2D eigenvalue weighted by atomic mass is 10.1. The van der Waals surface area contributed by atoms with Gasteiger partial charge in [0.2, 0.25) is 9.05 Å². The molecule has 10 heteroatoms. The lowest BCUT2D eigenvalue weighted by Gasteiger charge is -2.04. The minimum atomic E-state index is -3.62. The molecule has 0 radical (unpaired) electrons. The van der Waals surface area contributed by atoms with Crippen LogP contribution in [0.4, 0.5) is 0 Å². The highest BCUT2D eigenvalue weighted by molar-refractivity contribution is 8.13. The molecule has 0 N–H and O–H groups in total. The zero-order valence-electron chi connectivity index (χ0n) is 13.1. The van der Waals surface area contributed by atoms with Gasteiger partial charge in [0.15, 0.2) is 5.12 Å². The third-order valence-corrected chi connectivity index (χ3v) is 5.63. The molecule has 0 fully saturated rings. The van der Waals surface area contributed by atoms with E-state index >= 15 is 0 Å². The Morgan fingerprint density at radius 2 is 1.23 bits per heavy atom. The van der Waals surface area contributed by atoms with Crippen molar-refractivity contribution >= 4 is 83.9 Å². The Labute approximate surface area is 182 Å². The fraction of sp³-hybridized carbons (Fsp3) is 0.188. The van der Waals surface area contributed by atoms with E-state index in [1.807, 2.05) is 0 Å². The third kappa shape index (κ3) is 8.70. The van der Waals surface area contributed by atoms with Crippen molar-refractivity contribution in [2.45, 2.75) is 18.6 Å². The van der Waals surface area contributed by atoms with Gasteiger partial charge < -0.3 is 0 Å². The van der Waals surface area contributed by atoms with Crippen molar-refractivity contribution in [1.29, 1.82) is 0 Å². The molecule has 26 heavy (non-hydrogen) atoms. The summed E-state index contributed by atoms with van der Waals surface area (Å²) in [6, 6.07) is 10.0. The maximum Gasteiger partial charge on any atom is 0.236 e. The maximum absolute atomic E-state index is 10.8. The number of carbonyl (C=O) groups excluding carboxylic acids is 1. The molecule has 2 aromatic rings. The molecule has 0 aliphatic rings. The average molecular weight is 495 g/mol. The van der Waals surface area contributed by atoms with Crippen molar-refractivity contribution in [1.82, 2.24) is 0 Å². The summed E-state index contributed by atoms with van der Waals surface area (Å²) in [7, 11) is 1.45. The van der Waals surface area contributed by atoms with Crippen molar-refractivity contribution in [3.8, 4) is 0 Å². The minimum absolute atomic E-state index is 0.156. The molecule has 0 aromatic heterocycles. The molecule has 0 saturated heterocycles. The quantitative estimate of drug-likeness (QED) is 0.384. The van der Waals surface area contributed by atoms with Gasteiger partial charge in [0.25, 0.3) is 0 Å². The summed E-state index contributed by atoms with van der Waals surface area (Å²) < 4.78 is 21.5. The van der Waals surface area contributed by atoms with Crippen LogP contribution in [0.2, 0.25) is 20.1 Å². The number of hydrogen-bond donors (Lipinski definition) is 1. The topological polar surface area (TPSA) is 51.2 Å². The monoisotopic (exact) mass is 492 g/mol. The first-order chi connectivity index (χ1) is 12.0. The molecule has 2 aromatic carbocycles. The summed E-state index contributed by atoms with van der Waals surface area (Å²) in [6.07, 6.45) is 0.896. The van der Waals surface area contributed by atoms with Crippen LogP contribution in [0, 0.1) is 0 Å². The van der Waals surface area contributed by atoms with Crippen LogP contribution >= 0.6 is 69.7 Å². The Kier molecular flexibility index (Phi) is 10.1. The summed E-state index contributed by atoms with van der Waals surface area (Å²) in [6.45, 7) is 0. The van der Waals surface area contributed by atoms with E-state index in [0.29, 0.717) is 38.5 Å². The van der Waals surface area contributed by atoms with Crippen LogP contribution in [0.15, 0.2) is 36.4 Å². The predicted molar refractivity (Wildman–Crippen MR) is 114 cm³/mol. The summed E-state index contributed by atoms with van der Waals surface area (Å²) in [5.74, 6) is -0.354. The molecular formula is C16H13Cl5O3S2. The highest BCUT2D eigenvalue weighted by Gasteiger charge is 2.13. The lowest BCUT2D eigenvalue weighted by molar-refractivity contribution is -0.110. The van der Waals surface area contributed by atoms with Gasteiger partial charge in [0.1, 0.15) is 0 Å². The molecule has 0 bridgehead atoms. The first-order valence-corrected chi connectivity index (χ1v) is 11.4. The van der Waals surface area contributed by atoms with Gasteiger partial charge in [-0.15, -0.1) is 12.6 Å². The molecular weight excluding hydrogens is 482 g/mol. The van der Waals surface area contributed by atoms with E-state index in [1.54, 1.807) is 36.4 Å². The number of rotatable bonds is 5. The Balaban J connectivity index is 0.000000260. The molecule has 0 unspecified atom stereocenters. The van der Waals surface area contributed by atoms with Crippen molar-refractivity contribution in [3.05, 3.63) is 67.6 Å². The van der Waals surface area contributed by atoms with E-state index < -0.39 is 9.05 Å². The summed E-state index contributed by atoms with van der Waals surface area (Å²) in [5, 5.41) is 1.65. The first kappa shape index (κ1) is 23.9. The normalized spacial score (nSPS) is 10.8. The second-order valence-electron chi connectivity index (χ2n) is 4.98. The predicted octanol–water partition coefficient (Wildman–Crippen LogP) is 6.44. The second kappa shape index (κ2) is 11.0. The molecule has 0 atom stereocenters. The van der Waals surface area contributed by atoms with Gasteiger partial charge in [-0.05, 0) is 36.2 Å². The Morgan fingerprint density at radius 3 is 1.58 bits per heavy atom. The summed E-state index contributed by atoms with van der Waals surface area (Å²) in [4.78, 5) is 10.6. The van der Waals surface area contributed by atoms with Crippen LogP contribution < -0.4 is 0 Å². The molecule has 0 saturated carbocycles. The third-order valence-electron chi connectivity index (χ3n) is 3.03. The number of thiol groups is 1. The van der Waals surface area contributed by atoms with E-state index in [-0.39, 0.29) is 10.9 Å². The van der Waals surface area contributed by atoms with Crippen LogP contribution in [0.5, 0.6) is 0 Å². The van der Waals surface area contributed by atoms with Gasteiger partial charge in [-0.25, -0.2) is 8.42 Å². The van der Waals surface area contributed by atoms with E-state index in [2.05, 4.69) is 12.6 Å². The molecule has 0 aliphatic heterocycles. The number of carbonyl (C=O) groups is 1. The van der Waals surface area contributed by atoms with Crippen LogP contribution in [-0.4, -0.2) is 13.5 Å². The molecule has 0 heterocycles. The smallest absolute Gasteiger partial charge is 0.236 e. The van der Waals surface area contributed by atoms with Crippen molar-refractivity contribution in [3.63, 3.8) is 0 Å².